The third-order valence-corrected chi connectivity index (χ3v) is 3.27. The van der Waals surface area contributed by atoms with Gasteiger partial charge in [-0.15, -0.1) is 0 Å². The summed E-state index contributed by atoms with van der Waals surface area (Å²) in [6.45, 7) is 0. The highest BCUT2D eigenvalue weighted by atomic mass is 16.5. The molecule has 88 valence electrons. The van der Waals surface area contributed by atoms with Crippen molar-refractivity contribution in [3.8, 4) is 0 Å². The van der Waals surface area contributed by atoms with Crippen LogP contribution >= 0.6 is 0 Å². The quantitative estimate of drug-likeness (QED) is 0.605. The number of amides is 3. The van der Waals surface area contributed by atoms with Gasteiger partial charge in [0.05, 0.1) is 18.9 Å². The Hall–Kier alpha value is -1.59. The van der Waals surface area contributed by atoms with Crippen LogP contribution in [0.4, 0.5) is 4.79 Å². The number of hydrogen-bond donors (Lipinski definition) is 2. The van der Waals surface area contributed by atoms with E-state index in [0.717, 1.165) is 0 Å². The summed E-state index contributed by atoms with van der Waals surface area (Å²) in [6, 6.07) is -0.712. The van der Waals surface area contributed by atoms with Gasteiger partial charge in [-0.05, 0) is 19.3 Å². The van der Waals surface area contributed by atoms with Gasteiger partial charge in [0.2, 0.25) is 5.91 Å². The molecule has 0 aromatic carbocycles. The number of hydrogen-bond acceptors (Lipinski definition) is 4. The monoisotopic (exact) mass is 226 g/mol. The van der Waals surface area contributed by atoms with E-state index in [9.17, 15) is 14.4 Å². The first kappa shape index (κ1) is 10.9. The summed E-state index contributed by atoms with van der Waals surface area (Å²) in [6.07, 6.45) is 1.73. The first-order valence-electron chi connectivity index (χ1n) is 5.31. The van der Waals surface area contributed by atoms with Crippen LogP contribution in [0.5, 0.6) is 0 Å². The van der Waals surface area contributed by atoms with Gasteiger partial charge < -0.3 is 10.1 Å². The third kappa shape index (κ3) is 1.87. The normalized spacial score (nSPS) is 33.4. The van der Waals surface area contributed by atoms with Crippen molar-refractivity contribution in [1.82, 2.24) is 10.6 Å². The fourth-order valence-corrected chi connectivity index (χ4v) is 2.43. The molecule has 0 bridgehead atoms. The van der Waals surface area contributed by atoms with E-state index in [-0.39, 0.29) is 29.8 Å². The molecule has 16 heavy (non-hydrogen) atoms. The molecular weight excluding hydrogens is 212 g/mol. The molecule has 1 aliphatic carbocycles. The standard InChI is InChI=1S/C10H14N2O4/c1-16-9(14)5-2-3-6-7(4-5)11-10(15)12-8(6)13/h5-7H,2-4H2,1H3,(H2,11,12,13,15). The summed E-state index contributed by atoms with van der Waals surface area (Å²) in [4.78, 5) is 34.0. The smallest absolute Gasteiger partial charge is 0.321 e. The van der Waals surface area contributed by atoms with Gasteiger partial charge in [-0.25, -0.2) is 4.79 Å². The van der Waals surface area contributed by atoms with Gasteiger partial charge in [0, 0.05) is 6.04 Å². The molecule has 2 rings (SSSR count). The van der Waals surface area contributed by atoms with E-state index in [1.165, 1.54) is 7.11 Å². The molecule has 3 atom stereocenters. The van der Waals surface area contributed by atoms with E-state index in [4.69, 9.17) is 0 Å². The van der Waals surface area contributed by atoms with E-state index < -0.39 is 6.03 Å². The number of fused-ring (bicyclic) bond motifs is 1. The maximum Gasteiger partial charge on any atom is 0.321 e. The highest BCUT2D eigenvalue weighted by Crippen LogP contribution is 2.31. The molecule has 0 radical (unpaired) electrons. The molecule has 0 aromatic rings. The molecule has 6 heteroatoms. The van der Waals surface area contributed by atoms with Gasteiger partial charge in [0.15, 0.2) is 0 Å². The van der Waals surface area contributed by atoms with Gasteiger partial charge in [0.25, 0.3) is 0 Å². The fourth-order valence-electron chi connectivity index (χ4n) is 2.43. The van der Waals surface area contributed by atoms with Crippen LogP contribution < -0.4 is 10.6 Å². The third-order valence-electron chi connectivity index (χ3n) is 3.27. The van der Waals surface area contributed by atoms with Crippen molar-refractivity contribution in [2.24, 2.45) is 11.8 Å². The molecule has 1 saturated heterocycles. The predicted molar refractivity (Wildman–Crippen MR) is 53.3 cm³/mol. The second kappa shape index (κ2) is 4.11. The van der Waals surface area contributed by atoms with Crippen LogP contribution in [0.15, 0.2) is 0 Å². The van der Waals surface area contributed by atoms with Crippen LogP contribution in [-0.2, 0) is 14.3 Å². The van der Waals surface area contributed by atoms with Gasteiger partial charge in [0.1, 0.15) is 0 Å². The average molecular weight is 226 g/mol. The van der Waals surface area contributed by atoms with Crippen molar-refractivity contribution in [3.63, 3.8) is 0 Å². The van der Waals surface area contributed by atoms with E-state index in [1.807, 2.05) is 0 Å². The minimum Gasteiger partial charge on any atom is -0.469 e. The van der Waals surface area contributed by atoms with E-state index in [2.05, 4.69) is 15.4 Å². The number of carbonyl (C=O) groups is 3. The highest BCUT2D eigenvalue weighted by molar-refractivity contribution is 5.98. The summed E-state index contributed by atoms with van der Waals surface area (Å²) in [5.74, 6) is -0.924. The molecule has 0 aromatic heterocycles. The lowest BCUT2D eigenvalue weighted by molar-refractivity contribution is -0.148. The molecule has 6 nitrogen and oxygen atoms in total. The lowest BCUT2D eigenvalue weighted by Crippen LogP contribution is -2.60. The second-order valence-electron chi connectivity index (χ2n) is 4.21. The SMILES string of the molecule is COC(=O)C1CCC2C(=O)NC(=O)NC2C1. The predicted octanol–water partition coefficient (Wildman–Crippen LogP) is -0.216. The summed E-state index contributed by atoms with van der Waals surface area (Å²) in [5, 5.41) is 4.91. The van der Waals surface area contributed by atoms with Crippen molar-refractivity contribution in [2.45, 2.75) is 25.3 Å². The number of urea groups is 1. The van der Waals surface area contributed by atoms with Crippen molar-refractivity contribution < 1.29 is 19.1 Å². The molecule has 3 unspecified atom stereocenters. The Bertz CT molecular complexity index is 342. The molecule has 2 N–H and O–H groups in total. The van der Waals surface area contributed by atoms with Crippen LogP contribution in [0.1, 0.15) is 19.3 Å². The molecule has 1 aliphatic heterocycles. The van der Waals surface area contributed by atoms with Gasteiger partial charge in [-0.1, -0.05) is 0 Å². The Labute approximate surface area is 92.7 Å². The fraction of sp³-hybridized carbons (Fsp3) is 0.700. The number of esters is 1. The van der Waals surface area contributed by atoms with Crippen LogP contribution in [0.25, 0.3) is 0 Å². The zero-order valence-corrected chi connectivity index (χ0v) is 8.99. The molecule has 3 amide bonds. The van der Waals surface area contributed by atoms with Crippen LogP contribution in [0.2, 0.25) is 0 Å². The zero-order chi connectivity index (χ0) is 11.7. The molecular formula is C10H14N2O4. The Morgan fingerprint density at radius 3 is 2.81 bits per heavy atom. The van der Waals surface area contributed by atoms with Gasteiger partial charge >= 0.3 is 12.0 Å². The molecule has 2 aliphatic rings. The Kier molecular flexibility index (Phi) is 2.80. The van der Waals surface area contributed by atoms with Crippen LogP contribution in [0.3, 0.4) is 0 Å². The first-order chi connectivity index (χ1) is 7.61. The van der Waals surface area contributed by atoms with Gasteiger partial charge in [-0.2, -0.15) is 0 Å². The molecule has 0 spiro atoms. The number of methoxy groups -OCH3 is 1. The van der Waals surface area contributed by atoms with Crippen molar-refractivity contribution in [1.29, 1.82) is 0 Å². The maximum absolute atomic E-state index is 11.5. The molecule has 1 saturated carbocycles. The molecule has 2 fully saturated rings. The number of carbonyl (C=O) groups excluding carboxylic acids is 3. The Morgan fingerprint density at radius 1 is 1.38 bits per heavy atom. The van der Waals surface area contributed by atoms with Crippen molar-refractivity contribution in [3.05, 3.63) is 0 Å². The highest BCUT2D eigenvalue weighted by Gasteiger charge is 2.41. The van der Waals surface area contributed by atoms with Crippen LogP contribution in [-0.4, -0.2) is 31.1 Å². The minimum atomic E-state index is -0.475. The number of imide groups is 1. The second-order valence-corrected chi connectivity index (χ2v) is 4.21. The van der Waals surface area contributed by atoms with Crippen molar-refractivity contribution >= 4 is 17.9 Å². The summed E-state index contributed by atoms with van der Waals surface area (Å²) in [7, 11) is 1.35. The first-order valence-corrected chi connectivity index (χ1v) is 5.31. The number of ether oxygens (including phenoxy) is 1. The summed E-state index contributed by atoms with van der Waals surface area (Å²) in [5.41, 5.74) is 0. The largest absolute Gasteiger partial charge is 0.469 e. The van der Waals surface area contributed by atoms with Crippen molar-refractivity contribution in [2.75, 3.05) is 7.11 Å². The minimum absolute atomic E-state index is 0.210. The summed E-state index contributed by atoms with van der Waals surface area (Å²) >= 11 is 0. The Balaban J connectivity index is 2.05. The van der Waals surface area contributed by atoms with E-state index in [0.29, 0.717) is 19.3 Å². The van der Waals surface area contributed by atoms with E-state index >= 15 is 0 Å². The Morgan fingerprint density at radius 2 is 2.12 bits per heavy atom. The molecule has 1 heterocycles. The topological polar surface area (TPSA) is 84.5 Å². The average Bonchev–Trinajstić information content (AvgIpc) is 2.27. The lowest BCUT2D eigenvalue weighted by Gasteiger charge is -2.37. The zero-order valence-electron chi connectivity index (χ0n) is 8.99. The van der Waals surface area contributed by atoms with Crippen LogP contribution in [0, 0.1) is 11.8 Å². The van der Waals surface area contributed by atoms with E-state index in [1.54, 1.807) is 0 Å². The summed E-state index contributed by atoms with van der Waals surface area (Å²) < 4.78 is 4.67. The maximum atomic E-state index is 11.5. The van der Waals surface area contributed by atoms with Gasteiger partial charge in [-0.3, -0.25) is 14.9 Å². The number of nitrogens with one attached hydrogen (secondary N) is 2. The number of rotatable bonds is 1. The lowest BCUT2D eigenvalue weighted by atomic mass is 9.77.